The first kappa shape index (κ1) is 15.5. The highest BCUT2D eigenvalue weighted by Gasteiger charge is 2.22. The van der Waals surface area contributed by atoms with Crippen molar-refractivity contribution in [2.24, 2.45) is 0 Å². The molecule has 1 aromatic carbocycles. The highest BCUT2D eigenvalue weighted by Crippen LogP contribution is 2.23. The van der Waals surface area contributed by atoms with Gasteiger partial charge in [-0.1, -0.05) is 27.5 Å². The Balaban J connectivity index is 3.02. The average Bonchev–Trinajstić information content (AvgIpc) is 2.24. The Labute approximate surface area is 121 Å². The van der Waals surface area contributed by atoms with E-state index in [1.165, 1.54) is 0 Å². The maximum atomic E-state index is 12.4. The van der Waals surface area contributed by atoms with Crippen molar-refractivity contribution in [3.63, 3.8) is 0 Å². The molecule has 1 amide bonds. The van der Waals surface area contributed by atoms with Crippen molar-refractivity contribution in [1.29, 1.82) is 0 Å². The van der Waals surface area contributed by atoms with Crippen molar-refractivity contribution in [2.45, 2.75) is 32.9 Å². The van der Waals surface area contributed by atoms with Gasteiger partial charge in [-0.05, 0) is 39.0 Å². The Morgan fingerprint density at radius 3 is 2.50 bits per heavy atom. The van der Waals surface area contributed by atoms with Gasteiger partial charge in [0, 0.05) is 17.1 Å². The summed E-state index contributed by atoms with van der Waals surface area (Å²) in [7, 11) is 0. The number of aliphatic hydroxyl groups excluding tert-OH is 1. The third-order valence-electron chi connectivity index (χ3n) is 2.51. The Morgan fingerprint density at radius 1 is 1.44 bits per heavy atom. The fourth-order valence-corrected chi connectivity index (χ4v) is 2.38. The van der Waals surface area contributed by atoms with Crippen LogP contribution in [0.2, 0.25) is 5.02 Å². The normalized spacial score (nSPS) is 12.6. The molecule has 0 aliphatic heterocycles. The summed E-state index contributed by atoms with van der Waals surface area (Å²) in [6.07, 6.45) is -0.564. The molecular formula is C13H17BrClNO2. The fraction of sp³-hybridized carbons (Fsp3) is 0.462. The van der Waals surface area contributed by atoms with Gasteiger partial charge in [-0.2, -0.15) is 0 Å². The van der Waals surface area contributed by atoms with Crippen molar-refractivity contribution in [1.82, 2.24) is 4.90 Å². The highest BCUT2D eigenvalue weighted by molar-refractivity contribution is 9.10. The number of amides is 1. The quantitative estimate of drug-likeness (QED) is 0.917. The number of carbonyl (C=O) groups excluding carboxylic acids is 1. The van der Waals surface area contributed by atoms with Crippen LogP contribution in [0.3, 0.4) is 0 Å². The van der Waals surface area contributed by atoms with Gasteiger partial charge in [0.05, 0.1) is 16.7 Å². The molecule has 3 nitrogen and oxygen atoms in total. The van der Waals surface area contributed by atoms with E-state index in [9.17, 15) is 9.90 Å². The van der Waals surface area contributed by atoms with Crippen LogP contribution in [0.25, 0.3) is 0 Å². The number of benzene rings is 1. The van der Waals surface area contributed by atoms with Crippen molar-refractivity contribution in [3.05, 3.63) is 33.3 Å². The predicted molar refractivity (Wildman–Crippen MR) is 77.0 cm³/mol. The smallest absolute Gasteiger partial charge is 0.255 e. The Bertz CT molecular complexity index is 435. The second kappa shape index (κ2) is 6.55. The van der Waals surface area contributed by atoms with Crippen LogP contribution in [-0.4, -0.2) is 34.6 Å². The monoisotopic (exact) mass is 333 g/mol. The third-order valence-corrected chi connectivity index (χ3v) is 3.31. The minimum absolute atomic E-state index is 0.00631. The molecule has 1 N–H and O–H groups in total. The second-order valence-corrected chi connectivity index (χ2v) is 5.85. The van der Waals surface area contributed by atoms with Crippen LogP contribution in [0.5, 0.6) is 0 Å². The summed E-state index contributed by atoms with van der Waals surface area (Å²) in [6, 6.07) is 5.16. The van der Waals surface area contributed by atoms with Gasteiger partial charge in [0.25, 0.3) is 5.91 Å². The maximum Gasteiger partial charge on any atom is 0.255 e. The number of carbonyl (C=O) groups is 1. The van der Waals surface area contributed by atoms with Crippen LogP contribution in [-0.2, 0) is 0 Å². The third kappa shape index (κ3) is 3.97. The van der Waals surface area contributed by atoms with E-state index >= 15 is 0 Å². The van der Waals surface area contributed by atoms with E-state index in [1.807, 2.05) is 13.8 Å². The zero-order chi connectivity index (χ0) is 13.9. The first-order chi connectivity index (χ1) is 8.32. The lowest BCUT2D eigenvalue weighted by atomic mass is 10.1. The van der Waals surface area contributed by atoms with E-state index < -0.39 is 6.10 Å². The Morgan fingerprint density at radius 2 is 2.06 bits per heavy atom. The lowest BCUT2D eigenvalue weighted by Gasteiger charge is -2.28. The lowest BCUT2D eigenvalue weighted by Crippen LogP contribution is -2.41. The molecule has 0 heterocycles. The number of aliphatic hydroxyl groups is 1. The van der Waals surface area contributed by atoms with Gasteiger partial charge in [-0.25, -0.2) is 0 Å². The molecule has 0 aliphatic rings. The first-order valence-electron chi connectivity index (χ1n) is 5.77. The average molecular weight is 335 g/mol. The molecule has 100 valence electrons. The van der Waals surface area contributed by atoms with Crippen LogP contribution < -0.4 is 0 Å². The van der Waals surface area contributed by atoms with Gasteiger partial charge in [-0.3, -0.25) is 4.79 Å². The molecule has 0 fully saturated rings. The van der Waals surface area contributed by atoms with Crippen molar-refractivity contribution < 1.29 is 9.90 Å². The standard InChI is InChI=1S/C13H17BrClNO2/c1-8(2)16(7-9(3)17)13(18)11-5-4-10(14)6-12(11)15/h4-6,8-9,17H,7H2,1-3H3. The van der Waals surface area contributed by atoms with Gasteiger partial charge >= 0.3 is 0 Å². The highest BCUT2D eigenvalue weighted by atomic mass is 79.9. The minimum atomic E-state index is -0.564. The fourth-order valence-electron chi connectivity index (χ4n) is 1.63. The lowest BCUT2D eigenvalue weighted by molar-refractivity contribution is 0.0579. The molecule has 0 saturated heterocycles. The van der Waals surface area contributed by atoms with Crippen molar-refractivity contribution in [3.8, 4) is 0 Å². The van der Waals surface area contributed by atoms with Crippen LogP contribution in [0.4, 0.5) is 0 Å². The topological polar surface area (TPSA) is 40.5 Å². The SMILES string of the molecule is CC(O)CN(C(=O)c1ccc(Br)cc1Cl)C(C)C. The summed E-state index contributed by atoms with van der Waals surface area (Å²) < 4.78 is 0.829. The summed E-state index contributed by atoms with van der Waals surface area (Å²) in [5.74, 6) is -0.164. The molecule has 0 aromatic heterocycles. The van der Waals surface area contributed by atoms with Gasteiger partial charge in [0.2, 0.25) is 0 Å². The van der Waals surface area contributed by atoms with Gasteiger partial charge in [0.1, 0.15) is 0 Å². The molecule has 1 rings (SSSR count). The molecular weight excluding hydrogens is 318 g/mol. The molecule has 1 aromatic rings. The van der Waals surface area contributed by atoms with Gasteiger partial charge in [0.15, 0.2) is 0 Å². The number of hydrogen-bond donors (Lipinski definition) is 1. The number of nitrogens with zero attached hydrogens (tertiary/aromatic N) is 1. The Hall–Kier alpha value is -0.580. The Kier molecular flexibility index (Phi) is 5.63. The summed E-state index contributed by atoms with van der Waals surface area (Å²) in [5.41, 5.74) is 0.453. The molecule has 18 heavy (non-hydrogen) atoms. The van der Waals surface area contributed by atoms with E-state index in [4.69, 9.17) is 11.6 Å². The molecule has 0 saturated carbocycles. The van der Waals surface area contributed by atoms with Crippen LogP contribution in [0.1, 0.15) is 31.1 Å². The zero-order valence-electron chi connectivity index (χ0n) is 10.7. The molecule has 0 spiro atoms. The maximum absolute atomic E-state index is 12.4. The van der Waals surface area contributed by atoms with Crippen molar-refractivity contribution >= 4 is 33.4 Å². The summed E-state index contributed by atoms with van der Waals surface area (Å²) in [4.78, 5) is 14.0. The minimum Gasteiger partial charge on any atom is -0.392 e. The molecule has 1 unspecified atom stereocenters. The van der Waals surface area contributed by atoms with E-state index in [2.05, 4.69) is 15.9 Å². The van der Waals surface area contributed by atoms with Crippen LogP contribution in [0.15, 0.2) is 22.7 Å². The van der Waals surface area contributed by atoms with Crippen LogP contribution >= 0.6 is 27.5 Å². The second-order valence-electron chi connectivity index (χ2n) is 4.52. The first-order valence-corrected chi connectivity index (χ1v) is 6.94. The number of halogens is 2. The molecule has 5 heteroatoms. The van der Waals surface area contributed by atoms with E-state index in [-0.39, 0.29) is 11.9 Å². The summed E-state index contributed by atoms with van der Waals surface area (Å²) in [6.45, 7) is 5.77. The van der Waals surface area contributed by atoms with Gasteiger partial charge < -0.3 is 10.0 Å². The largest absolute Gasteiger partial charge is 0.392 e. The molecule has 0 radical (unpaired) electrons. The van der Waals surface area contributed by atoms with Crippen LogP contribution in [0, 0.1) is 0 Å². The molecule has 0 bridgehead atoms. The molecule has 0 aliphatic carbocycles. The van der Waals surface area contributed by atoms with E-state index in [0.717, 1.165) is 4.47 Å². The van der Waals surface area contributed by atoms with Gasteiger partial charge in [-0.15, -0.1) is 0 Å². The van der Waals surface area contributed by atoms with E-state index in [0.29, 0.717) is 17.1 Å². The summed E-state index contributed by atoms with van der Waals surface area (Å²) >= 11 is 9.37. The number of rotatable bonds is 4. The zero-order valence-corrected chi connectivity index (χ0v) is 13.0. The predicted octanol–water partition coefficient (Wildman–Crippen LogP) is 3.33. The van der Waals surface area contributed by atoms with Crippen molar-refractivity contribution in [2.75, 3.05) is 6.54 Å². The molecule has 1 atom stereocenters. The van der Waals surface area contributed by atoms with E-state index in [1.54, 1.807) is 30.0 Å². The summed E-state index contributed by atoms with van der Waals surface area (Å²) in [5, 5.41) is 9.85. The number of hydrogen-bond acceptors (Lipinski definition) is 2.